The van der Waals surface area contributed by atoms with Gasteiger partial charge in [-0.25, -0.2) is 0 Å². The fraction of sp³-hybridized carbons (Fsp3) is 0.421. The number of carbonyl (C=O) groups excluding carboxylic acids is 1. The predicted octanol–water partition coefficient (Wildman–Crippen LogP) is 2.45. The van der Waals surface area contributed by atoms with Crippen molar-refractivity contribution in [1.82, 2.24) is 10.7 Å². The third-order valence-electron chi connectivity index (χ3n) is 4.52. The molecule has 0 saturated heterocycles. The van der Waals surface area contributed by atoms with Crippen molar-refractivity contribution in [3.05, 3.63) is 35.9 Å². The molecular weight excluding hydrogens is 368 g/mol. The maximum Gasteiger partial charge on any atom is 0.248 e. The Morgan fingerprint density at radius 2 is 2.22 bits per heavy atom. The molecule has 0 spiro atoms. The van der Waals surface area contributed by atoms with Gasteiger partial charge in [0.15, 0.2) is 0 Å². The molecular formula is C19H21ClN4O3. The van der Waals surface area contributed by atoms with Crippen molar-refractivity contribution in [2.45, 2.75) is 43.8 Å². The number of hydrogen-bond donors (Lipinski definition) is 2. The molecule has 0 radical (unpaired) electrons. The average molecular weight is 390 g/mol. The molecule has 1 aromatic rings. The van der Waals surface area contributed by atoms with Gasteiger partial charge in [-0.3, -0.25) is 10.2 Å². The molecule has 1 aliphatic carbocycles. The molecule has 1 aromatic carbocycles. The molecule has 142 valence electrons. The summed E-state index contributed by atoms with van der Waals surface area (Å²) >= 11 is 5.71. The zero-order valence-electron chi connectivity index (χ0n) is 15.9. The molecule has 1 heterocycles. The highest BCUT2D eigenvalue weighted by Gasteiger charge is 2.26. The number of nitrogens with zero attached hydrogens (tertiary/aromatic N) is 2. The lowest BCUT2D eigenvalue weighted by Gasteiger charge is -2.30. The van der Waals surface area contributed by atoms with Crippen LogP contribution < -0.4 is 20.2 Å². The van der Waals surface area contributed by atoms with Gasteiger partial charge in [-0.15, -0.1) is 0 Å². The lowest BCUT2D eigenvalue weighted by Crippen LogP contribution is -2.48. The maximum atomic E-state index is 12.4. The van der Waals surface area contributed by atoms with Gasteiger partial charge >= 0.3 is 0 Å². The molecule has 1 aliphatic heterocycles. The van der Waals surface area contributed by atoms with E-state index in [1.807, 2.05) is 0 Å². The first-order chi connectivity index (χ1) is 13.4. The Morgan fingerprint density at radius 1 is 1.44 bits per heavy atom. The number of carbonyl (C=O) groups is 1. The predicted molar refractivity (Wildman–Crippen MR) is 102 cm³/mol. The second-order valence-corrected chi connectivity index (χ2v) is 6.72. The third kappa shape index (κ3) is 4.92. The number of hydrazone groups is 1. The number of methoxy groups -OCH3 is 1. The normalized spacial score (nSPS) is 27.4. The number of ether oxygens (including phenoxy) is 2. The van der Waals surface area contributed by atoms with Crippen LogP contribution in [-0.4, -0.2) is 36.4 Å². The Labute approximate surface area is 164 Å². The van der Waals surface area contributed by atoms with Gasteiger partial charge in [0.2, 0.25) is 5.91 Å². The summed E-state index contributed by atoms with van der Waals surface area (Å²) in [6, 6.07) is 5.54. The van der Waals surface area contributed by atoms with E-state index in [0.717, 1.165) is 25.7 Å². The molecule has 2 N–H and O–H groups in total. The molecule has 27 heavy (non-hydrogen) atoms. The number of hydrogen-bond acceptors (Lipinski definition) is 6. The van der Waals surface area contributed by atoms with Crippen molar-refractivity contribution in [2.24, 2.45) is 5.10 Å². The van der Waals surface area contributed by atoms with Crippen LogP contribution in [0.5, 0.6) is 11.5 Å². The number of nitrogens with one attached hydrogen (secondary N) is 2. The monoisotopic (exact) mass is 389 g/mol. The summed E-state index contributed by atoms with van der Waals surface area (Å²) in [5.74, 6) is 0.676. The minimum Gasteiger partial charge on any atom is -0.495 e. The van der Waals surface area contributed by atoms with Crippen LogP contribution in [0.4, 0.5) is 0 Å². The number of halogens is 1. The minimum absolute atomic E-state index is 0.0202. The quantitative estimate of drug-likeness (QED) is 0.806. The van der Waals surface area contributed by atoms with Crippen LogP contribution in [0, 0.1) is 11.3 Å². The fourth-order valence-electron chi connectivity index (χ4n) is 3.08. The number of amides is 1. The van der Waals surface area contributed by atoms with E-state index in [-0.39, 0.29) is 17.3 Å². The van der Waals surface area contributed by atoms with E-state index >= 15 is 0 Å². The lowest BCUT2D eigenvalue weighted by atomic mass is 9.92. The minimum atomic E-state index is -1.65. The second kappa shape index (κ2) is 8.78. The Bertz CT molecular complexity index is 846. The summed E-state index contributed by atoms with van der Waals surface area (Å²) in [5, 5.41) is 15.9. The first-order valence-corrected chi connectivity index (χ1v) is 9.06. The van der Waals surface area contributed by atoms with Crippen LogP contribution in [0.3, 0.4) is 0 Å². The molecule has 8 heteroatoms. The number of allylic oxidation sites excluding steroid dienone is 1. The van der Waals surface area contributed by atoms with Crippen molar-refractivity contribution < 1.29 is 15.6 Å². The molecule has 1 unspecified atom stereocenters. The van der Waals surface area contributed by atoms with Gasteiger partial charge in [-0.2, -0.15) is 10.4 Å². The van der Waals surface area contributed by atoms with Crippen LogP contribution in [0.2, 0.25) is 0 Å². The van der Waals surface area contributed by atoms with E-state index in [1.165, 1.54) is 19.3 Å². The SMILES string of the molecule is [2H]C1(C(=O)NC2CCC(Oc3ccc(C#N)c(OC)c3)CC2)C=CC(Cl)=NN1. The zero-order chi connectivity index (χ0) is 20.1. The van der Waals surface area contributed by atoms with Crippen LogP contribution in [0.25, 0.3) is 0 Å². The van der Waals surface area contributed by atoms with E-state index in [4.69, 9.17) is 27.7 Å². The molecule has 1 saturated carbocycles. The van der Waals surface area contributed by atoms with Crippen LogP contribution in [0.15, 0.2) is 35.5 Å². The highest BCUT2D eigenvalue weighted by Crippen LogP contribution is 2.28. The lowest BCUT2D eigenvalue weighted by molar-refractivity contribution is -0.123. The maximum absolute atomic E-state index is 12.4. The van der Waals surface area contributed by atoms with Crippen molar-refractivity contribution >= 4 is 22.7 Å². The molecule has 7 nitrogen and oxygen atoms in total. The van der Waals surface area contributed by atoms with Gasteiger partial charge in [-0.1, -0.05) is 11.6 Å². The Hall–Kier alpha value is -2.72. The number of nitriles is 1. The molecule has 1 atom stereocenters. The van der Waals surface area contributed by atoms with Gasteiger partial charge < -0.3 is 14.8 Å². The number of benzene rings is 1. The van der Waals surface area contributed by atoms with E-state index in [9.17, 15) is 4.79 Å². The highest BCUT2D eigenvalue weighted by molar-refractivity contribution is 6.68. The molecule has 3 rings (SSSR count). The number of rotatable bonds is 5. The van der Waals surface area contributed by atoms with Crippen molar-refractivity contribution in [1.29, 1.82) is 5.26 Å². The van der Waals surface area contributed by atoms with Crippen molar-refractivity contribution in [3.63, 3.8) is 0 Å². The summed E-state index contributed by atoms with van der Waals surface area (Å²) in [7, 11) is 1.52. The van der Waals surface area contributed by atoms with Gasteiger partial charge in [0.1, 0.15) is 28.8 Å². The van der Waals surface area contributed by atoms with Crippen molar-refractivity contribution in [2.75, 3.05) is 7.11 Å². The standard InChI is InChI=1S/C19H21ClN4O3/c1-26-17-10-15(5-2-12(17)11-21)27-14-6-3-13(4-7-14)22-19(25)16-8-9-18(20)24-23-16/h2,5,8-10,13-14,16,23H,3-4,6-7H2,1H3,(H,22,25)/i16D. The van der Waals surface area contributed by atoms with Crippen LogP contribution in [0.1, 0.15) is 32.6 Å². The second-order valence-electron chi connectivity index (χ2n) is 6.33. The Morgan fingerprint density at radius 3 is 2.85 bits per heavy atom. The van der Waals surface area contributed by atoms with Crippen LogP contribution >= 0.6 is 11.6 Å². The summed E-state index contributed by atoms with van der Waals surface area (Å²) in [5.41, 5.74) is 2.92. The van der Waals surface area contributed by atoms with E-state index < -0.39 is 11.9 Å². The fourth-order valence-corrected chi connectivity index (χ4v) is 3.19. The molecule has 0 aromatic heterocycles. The summed E-state index contributed by atoms with van der Waals surface area (Å²) < 4.78 is 19.4. The third-order valence-corrected chi connectivity index (χ3v) is 4.73. The zero-order valence-corrected chi connectivity index (χ0v) is 15.6. The summed E-state index contributed by atoms with van der Waals surface area (Å²) in [6.07, 6.45) is 5.86. The average Bonchev–Trinajstić information content (AvgIpc) is 2.71. The van der Waals surface area contributed by atoms with Gasteiger partial charge in [0.05, 0.1) is 20.1 Å². The van der Waals surface area contributed by atoms with E-state index in [0.29, 0.717) is 17.1 Å². The van der Waals surface area contributed by atoms with Gasteiger partial charge in [0, 0.05) is 12.1 Å². The summed E-state index contributed by atoms with van der Waals surface area (Å²) in [6.45, 7) is 0. The van der Waals surface area contributed by atoms with Gasteiger partial charge in [0.25, 0.3) is 0 Å². The largest absolute Gasteiger partial charge is 0.495 e. The smallest absolute Gasteiger partial charge is 0.248 e. The van der Waals surface area contributed by atoms with Crippen molar-refractivity contribution in [3.8, 4) is 17.6 Å². The van der Waals surface area contributed by atoms with E-state index in [2.05, 4.69) is 21.9 Å². The molecule has 0 bridgehead atoms. The Balaban J connectivity index is 1.50. The van der Waals surface area contributed by atoms with E-state index in [1.54, 1.807) is 18.2 Å². The van der Waals surface area contributed by atoms with Crippen LogP contribution in [-0.2, 0) is 4.79 Å². The first-order valence-electron chi connectivity index (χ1n) is 9.19. The summed E-state index contributed by atoms with van der Waals surface area (Å²) in [4.78, 5) is 12.4. The van der Waals surface area contributed by atoms with Gasteiger partial charge in [-0.05, 0) is 50.0 Å². The molecule has 1 fully saturated rings. The first kappa shape index (κ1) is 17.7. The highest BCUT2D eigenvalue weighted by atomic mass is 35.5. The Kier molecular flexibility index (Phi) is 5.75. The molecule has 2 aliphatic rings. The topological polar surface area (TPSA) is 95.7 Å². The molecule has 1 amide bonds.